The van der Waals surface area contributed by atoms with Gasteiger partial charge < -0.3 is 15.3 Å². The third-order valence-electron chi connectivity index (χ3n) is 7.86. The van der Waals surface area contributed by atoms with E-state index in [9.17, 15) is 31.5 Å². The summed E-state index contributed by atoms with van der Waals surface area (Å²) in [6, 6.07) is 9.79. The number of amides is 1. The fourth-order valence-corrected chi connectivity index (χ4v) is 6.74. The van der Waals surface area contributed by atoms with Crippen molar-refractivity contribution in [2.45, 2.75) is 51.2 Å². The molecule has 1 fully saturated rings. The van der Waals surface area contributed by atoms with Gasteiger partial charge in [0, 0.05) is 49.4 Å². The summed E-state index contributed by atoms with van der Waals surface area (Å²) in [7, 11) is -3.55. The van der Waals surface area contributed by atoms with Crippen molar-refractivity contribution < 1.29 is 31.5 Å². The van der Waals surface area contributed by atoms with Crippen LogP contribution < -0.4 is 5.32 Å². The van der Waals surface area contributed by atoms with E-state index in [0.29, 0.717) is 29.8 Å². The molecule has 232 valence electrons. The van der Waals surface area contributed by atoms with Crippen LogP contribution in [0.3, 0.4) is 0 Å². The Morgan fingerprint density at radius 1 is 1.12 bits per heavy atom. The molecule has 1 unspecified atom stereocenters. The number of nitrogens with zero attached hydrogens (tertiary/aromatic N) is 4. The lowest BCUT2D eigenvalue weighted by Gasteiger charge is -2.26. The van der Waals surface area contributed by atoms with Crippen LogP contribution >= 0.6 is 11.6 Å². The lowest BCUT2D eigenvalue weighted by molar-refractivity contribution is -0.138. The lowest BCUT2D eigenvalue weighted by Crippen LogP contribution is -2.37. The molecule has 2 aromatic carbocycles. The van der Waals surface area contributed by atoms with Crippen LogP contribution in [0.25, 0.3) is 11.3 Å². The molecule has 1 saturated heterocycles. The van der Waals surface area contributed by atoms with Gasteiger partial charge in [-0.05, 0) is 55.8 Å². The Kier molecular flexibility index (Phi) is 9.19. The molecule has 9 nitrogen and oxygen atoms in total. The first-order valence-electron chi connectivity index (χ1n) is 14.0. The first kappa shape index (κ1) is 31.5. The van der Waals surface area contributed by atoms with E-state index >= 15 is 0 Å². The molecule has 2 N–H and O–H groups in total. The maximum atomic E-state index is 14.0. The zero-order valence-electron chi connectivity index (χ0n) is 23.6. The Labute approximate surface area is 253 Å². The van der Waals surface area contributed by atoms with Crippen molar-refractivity contribution in [3.63, 3.8) is 0 Å². The highest BCUT2D eigenvalue weighted by Gasteiger charge is 2.35. The van der Waals surface area contributed by atoms with Crippen molar-refractivity contribution in [2.24, 2.45) is 0 Å². The number of carbonyl (C=O) groups is 1. The van der Waals surface area contributed by atoms with Gasteiger partial charge in [0.2, 0.25) is 10.0 Å². The molecule has 0 bridgehead atoms. The van der Waals surface area contributed by atoms with E-state index in [1.165, 1.54) is 28.6 Å². The number of alkyl halides is 3. The molecule has 0 spiro atoms. The monoisotopic (exact) mass is 639 g/mol. The van der Waals surface area contributed by atoms with Crippen molar-refractivity contribution in [1.29, 1.82) is 0 Å². The van der Waals surface area contributed by atoms with Crippen molar-refractivity contribution >= 4 is 27.5 Å². The van der Waals surface area contributed by atoms with Gasteiger partial charge in [-0.1, -0.05) is 29.8 Å². The van der Waals surface area contributed by atoms with Gasteiger partial charge >= 0.3 is 6.18 Å². The number of aliphatic hydroxyl groups is 1. The Morgan fingerprint density at radius 2 is 1.84 bits per heavy atom. The first-order valence-corrected chi connectivity index (χ1v) is 16.2. The first-order chi connectivity index (χ1) is 20.3. The number of rotatable bonds is 9. The number of sulfonamides is 1. The number of fused-ring (bicyclic) bond motifs is 1. The molecule has 43 heavy (non-hydrogen) atoms. The molecular weight excluding hydrogens is 607 g/mol. The maximum Gasteiger partial charge on any atom is 0.416 e. The van der Waals surface area contributed by atoms with Crippen molar-refractivity contribution in [3.8, 4) is 11.3 Å². The van der Waals surface area contributed by atoms with Gasteiger partial charge in [-0.25, -0.2) is 8.42 Å². The van der Waals surface area contributed by atoms with E-state index in [1.54, 1.807) is 16.8 Å². The largest absolute Gasteiger partial charge is 0.416 e. The van der Waals surface area contributed by atoms with Crippen LogP contribution in [0.5, 0.6) is 0 Å². The summed E-state index contributed by atoms with van der Waals surface area (Å²) in [5.41, 5.74) is 1.04. The molecule has 1 amide bonds. The number of aliphatic hydroxyl groups excluding tert-OH is 1. The highest BCUT2D eigenvalue weighted by Crippen LogP contribution is 2.37. The van der Waals surface area contributed by atoms with Crippen molar-refractivity contribution in [3.05, 3.63) is 75.4 Å². The number of carbonyl (C=O) groups excluding carboxylic acids is 1. The fraction of sp³-hybridized carbons (Fsp3) is 0.448. The summed E-state index contributed by atoms with van der Waals surface area (Å²) in [5.74, 6) is -0.624. The summed E-state index contributed by atoms with van der Waals surface area (Å²) in [6.45, 7) is 2.25. The summed E-state index contributed by atoms with van der Waals surface area (Å²) in [4.78, 5) is 14.9. The van der Waals surface area contributed by atoms with Crippen molar-refractivity contribution in [1.82, 2.24) is 24.3 Å². The smallest absolute Gasteiger partial charge is 0.390 e. The number of hydrogen-bond donors (Lipinski definition) is 2. The number of aromatic nitrogens is 2. The summed E-state index contributed by atoms with van der Waals surface area (Å²) in [6.07, 6.45) is -1.82. The predicted molar refractivity (Wildman–Crippen MR) is 156 cm³/mol. The number of likely N-dealkylation sites (tertiary alicyclic amines) is 1. The van der Waals surface area contributed by atoms with Gasteiger partial charge in [0.1, 0.15) is 0 Å². The highest BCUT2D eigenvalue weighted by atomic mass is 35.5. The van der Waals surface area contributed by atoms with E-state index in [-0.39, 0.29) is 35.8 Å². The third-order valence-corrected chi connectivity index (χ3v) is 9.44. The topological polar surface area (TPSA) is 108 Å². The van der Waals surface area contributed by atoms with Gasteiger partial charge in [-0.2, -0.15) is 22.6 Å². The average Bonchev–Trinajstić information content (AvgIpc) is 3.58. The Bertz CT molecular complexity index is 1610. The minimum Gasteiger partial charge on any atom is -0.390 e. The van der Waals surface area contributed by atoms with E-state index in [4.69, 9.17) is 16.7 Å². The molecule has 14 heteroatoms. The van der Waals surface area contributed by atoms with E-state index in [1.807, 2.05) is 0 Å². The van der Waals surface area contributed by atoms with Crippen LogP contribution in [0.15, 0.2) is 42.5 Å². The highest BCUT2D eigenvalue weighted by molar-refractivity contribution is 7.88. The zero-order valence-corrected chi connectivity index (χ0v) is 25.1. The van der Waals surface area contributed by atoms with Crippen LogP contribution in [0.1, 0.15) is 45.6 Å². The zero-order chi connectivity index (χ0) is 30.9. The van der Waals surface area contributed by atoms with Gasteiger partial charge in [-0.3, -0.25) is 9.48 Å². The number of nitrogens with one attached hydrogen (secondary N) is 1. The lowest BCUT2D eigenvalue weighted by atomic mass is 9.97. The quantitative estimate of drug-likeness (QED) is 0.368. The molecule has 3 heterocycles. The normalized spacial score (nSPS) is 17.2. The van der Waals surface area contributed by atoms with Gasteiger partial charge in [0.15, 0.2) is 0 Å². The Balaban J connectivity index is 1.49. The van der Waals surface area contributed by atoms with E-state index < -0.39 is 40.3 Å². The second-order valence-corrected chi connectivity index (χ2v) is 13.4. The summed E-state index contributed by atoms with van der Waals surface area (Å²) in [5, 5.41) is 18.3. The standard InChI is InChI=1S/C29H33ClF3N5O4S/c1-43(41,42)37-13-10-26-23(18-37)27(35-38(26)17-21(39)16-36-11-4-5-12-36)19-8-9-24(29(31,32)33)20(14-19)15-34-28(40)22-6-2-3-7-25(22)30/h2-3,6-9,14,21,39H,4-5,10-13,15-18H2,1H3,(H,34,40). The number of β-amino-alcohol motifs (C(OH)–C–C–N with tert-alkyl or cyclic N) is 1. The average molecular weight is 640 g/mol. The molecule has 3 aromatic rings. The molecule has 0 saturated carbocycles. The number of hydrogen-bond acceptors (Lipinski definition) is 6. The molecule has 2 aliphatic heterocycles. The van der Waals surface area contributed by atoms with Crippen LogP contribution in [-0.2, 0) is 42.3 Å². The fourth-order valence-electron chi connectivity index (χ4n) is 5.73. The molecule has 2 aliphatic rings. The van der Waals surface area contributed by atoms with Gasteiger partial charge in [-0.15, -0.1) is 0 Å². The molecule has 5 rings (SSSR count). The number of benzene rings is 2. The molecule has 1 atom stereocenters. The summed E-state index contributed by atoms with van der Waals surface area (Å²) < 4.78 is 69.8. The molecule has 1 aromatic heterocycles. The third kappa shape index (κ3) is 7.23. The van der Waals surface area contributed by atoms with Crippen LogP contribution in [0.4, 0.5) is 13.2 Å². The minimum absolute atomic E-state index is 0.00528. The second kappa shape index (κ2) is 12.6. The van der Waals surface area contributed by atoms with Gasteiger partial charge in [0.05, 0.1) is 40.7 Å². The van der Waals surface area contributed by atoms with Crippen molar-refractivity contribution in [2.75, 3.05) is 32.4 Å². The molecule has 0 aliphatic carbocycles. The summed E-state index contributed by atoms with van der Waals surface area (Å²) >= 11 is 6.09. The number of halogens is 4. The van der Waals surface area contributed by atoms with Gasteiger partial charge in [0.25, 0.3) is 5.91 Å². The minimum atomic E-state index is -4.69. The van der Waals surface area contributed by atoms with Crippen LogP contribution in [0.2, 0.25) is 5.02 Å². The Hall–Kier alpha value is -2.97. The van der Waals surface area contributed by atoms with Crippen LogP contribution in [-0.4, -0.2) is 77.0 Å². The van der Waals surface area contributed by atoms with E-state index in [2.05, 4.69) is 10.2 Å². The maximum absolute atomic E-state index is 14.0. The molecular formula is C29H33ClF3N5O4S. The SMILES string of the molecule is CS(=O)(=O)N1CCc2c(c(-c3ccc(C(F)(F)F)c(CNC(=O)c4ccccc4Cl)c3)nn2CC(O)CN2CCCC2)C1. The molecule has 0 radical (unpaired) electrons. The van der Waals surface area contributed by atoms with E-state index in [0.717, 1.165) is 43.9 Å². The Morgan fingerprint density at radius 3 is 2.51 bits per heavy atom. The van der Waals surface area contributed by atoms with Crippen LogP contribution in [0, 0.1) is 0 Å². The predicted octanol–water partition coefficient (Wildman–Crippen LogP) is 3.93. The second-order valence-electron chi connectivity index (χ2n) is 11.0.